The molecule has 0 bridgehead atoms. The number of carbonyl (C=O) groups is 1. The highest BCUT2D eigenvalue weighted by atomic mass is 35.5. The number of hydrogen-bond donors (Lipinski definition) is 2. The Kier molecular flexibility index (Phi) is 6.21. The van der Waals surface area contributed by atoms with Crippen LogP contribution in [0.2, 0.25) is 0 Å². The van der Waals surface area contributed by atoms with Crippen molar-refractivity contribution in [1.82, 2.24) is 14.9 Å². The number of hydrogen-bond acceptors (Lipinski definition) is 6. The first kappa shape index (κ1) is 25.6. The third kappa shape index (κ3) is 4.71. The molecule has 5 heterocycles. The molecular formula is C31H28ClN4O5+. The summed E-state index contributed by atoms with van der Waals surface area (Å²) >= 11 is 6.11. The van der Waals surface area contributed by atoms with Crippen molar-refractivity contribution in [2.45, 2.75) is 38.3 Å². The molecule has 0 unspecified atom stereocenters. The highest BCUT2D eigenvalue weighted by molar-refractivity contribution is 6.30. The summed E-state index contributed by atoms with van der Waals surface area (Å²) in [5.41, 5.74) is 4.53. The molecule has 41 heavy (non-hydrogen) atoms. The SMILES string of the molecule is C[C@]1(C2=CC=C(Cl)CN2)Oc2cccc(-c3cc[n+](Cc4nc5ccc(C(=O)O)cc5n4C[C@@H]4CCO4)cc3)c2O1. The van der Waals surface area contributed by atoms with Crippen LogP contribution in [0, 0.1) is 0 Å². The minimum atomic E-state index is -0.981. The molecule has 2 aromatic heterocycles. The van der Waals surface area contributed by atoms with Gasteiger partial charge in [-0.25, -0.2) is 9.78 Å². The van der Waals surface area contributed by atoms with E-state index in [1.807, 2.05) is 61.8 Å². The highest BCUT2D eigenvalue weighted by Gasteiger charge is 2.42. The molecule has 9 nitrogen and oxygen atoms in total. The molecule has 1 saturated heterocycles. The molecule has 0 amide bonds. The fourth-order valence-electron chi connectivity index (χ4n) is 5.42. The smallest absolute Gasteiger partial charge is 0.335 e. The number of carboxylic acids is 1. The summed E-state index contributed by atoms with van der Waals surface area (Å²) in [7, 11) is 0. The second kappa shape index (κ2) is 9.94. The maximum atomic E-state index is 11.6. The van der Waals surface area contributed by atoms with Gasteiger partial charge < -0.3 is 29.2 Å². The summed E-state index contributed by atoms with van der Waals surface area (Å²) in [6, 6.07) is 15.0. The number of para-hydroxylation sites is 1. The van der Waals surface area contributed by atoms with E-state index >= 15 is 0 Å². The highest BCUT2D eigenvalue weighted by Crippen LogP contribution is 2.47. The number of carboxylic acid groups (broad SMARTS) is 1. The molecule has 3 aliphatic rings. The lowest BCUT2D eigenvalue weighted by atomic mass is 10.1. The number of aromatic carboxylic acids is 1. The topological polar surface area (TPSA) is 98.7 Å². The summed E-state index contributed by atoms with van der Waals surface area (Å²) in [4.78, 5) is 16.4. The molecule has 0 radical (unpaired) electrons. The Bertz CT molecular complexity index is 1740. The van der Waals surface area contributed by atoms with Gasteiger partial charge in [0.05, 0.1) is 41.5 Å². The first-order valence-corrected chi connectivity index (χ1v) is 13.9. The van der Waals surface area contributed by atoms with E-state index in [1.165, 1.54) is 0 Å². The van der Waals surface area contributed by atoms with Gasteiger partial charge in [0.1, 0.15) is 0 Å². The molecule has 4 aromatic rings. The quantitative estimate of drug-likeness (QED) is 0.312. The maximum absolute atomic E-state index is 11.6. The molecule has 2 N–H and O–H groups in total. The summed E-state index contributed by atoms with van der Waals surface area (Å²) in [6.45, 7) is 4.32. The van der Waals surface area contributed by atoms with Gasteiger partial charge in [-0.05, 0) is 48.4 Å². The van der Waals surface area contributed by atoms with Gasteiger partial charge in [0, 0.05) is 36.3 Å². The molecule has 0 saturated carbocycles. The fraction of sp³-hybridized carbons (Fsp3) is 0.258. The lowest BCUT2D eigenvalue weighted by Crippen LogP contribution is -2.44. The lowest BCUT2D eigenvalue weighted by Gasteiger charge is -2.28. The Morgan fingerprint density at radius 3 is 2.73 bits per heavy atom. The van der Waals surface area contributed by atoms with Crippen LogP contribution in [-0.2, 0) is 17.8 Å². The van der Waals surface area contributed by atoms with Crippen LogP contribution >= 0.6 is 11.6 Å². The summed E-state index contributed by atoms with van der Waals surface area (Å²) in [5.74, 6) is 0.267. The van der Waals surface area contributed by atoms with Gasteiger partial charge in [0.2, 0.25) is 6.54 Å². The van der Waals surface area contributed by atoms with Gasteiger partial charge in [-0.2, -0.15) is 4.57 Å². The van der Waals surface area contributed by atoms with Crippen molar-refractivity contribution in [1.29, 1.82) is 0 Å². The summed E-state index contributed by atoms with van der Waals surface area (Å²) in [6.07, 6.45) is 8.83. The van der Waals surface area contributed by atoms with Crippen LogP contribution in [0.3, 0.4) is 0 Å². The van der Waals surface area contributed by atoms with Crippen molar-refractivity contribution in [3.05, 3.63) is 95.2 Å². The predicted octanol–water partition coefficient (Wildman–Crippen LogP) is 4.62. The van der Waals surface area contributed by atoms with Gasteiger partial charge in [-0.1, -0.05) is 23.7 Å². The van der Waals surface area contributed by atoms with Crippen molar-refractivity contribution in [2.75, 3.05) is 13.2 Å². The number of nitrogens with one attached hydrogen (secondary N) is 1. The molecule has 1 fully saturated rings. The average molecular weight is 572 g/mol. The number of fused-ring (bicyclic) bond motifs is 2. The molecule has 208 valence electrons. The number of pyridine rings is 1. The molecular weight excluding hydrogens is 544 g/mol. The van der Waals surface area contributed by atoms with E-state index < -0.39 is 11.8 Å². The van der Waals surface area contributed by atoms with E-state index in [0.717, 1.165) is 51.7 Å². The van der Waals surface area contributed by atoms with Crippen LogP contribution in [0.5, 0.6) is 11.5 Å². The lowest BCUT2D eigenvalue weighted by molar-refractivity contribution is -0.689. The van der Waals surface area contributed by atoms with Gasteiger partial charge in [-0.15, -0.1) is 0 Å². The number of benzene rings is 2. The predicted molar refractivity (Wildman–Crippen MR) is 152 cm³/mol. The van der Waals surface area contributed by atoms with E-state index in [4.69, 9.17) is 30.8 Å². The Morgan fingerprint density at radius 2 is 2.02 bits per heavy atom. The minimum Gasteiger partial charge on any atom is -0.478 e. The Morgan fingerprint density at radius 1 is 1.20 bits per heavy atom. The Hall–Kier alpha value is -4.34. The van der Waals surface area contributed by atoms with Gasteiger partial charge in [-0.3, -0.25) is 0 Å². The third-order valence-corrected chi connectivity index (χ3v) is 7.99. The van der Waals surface area contributed by atoms with Gasteiger partial charge in [0.15, 0.2) is 29.7 Å². The number of nitrogens with zero attached hydrogens (tertiary/aromatic N) is 3. The van der Waals surface area contributed by atoms with Crippen LogP contribution in [-0.4, -0.2) is 45.7 Å². The molecule has 10 heteroatoms. The molecule has 0 aliphatic carbocycles. The molecule has 0 spiro atoms. The van der Waals surface area contributed by atoms with Crippen molar-refractivity contribution < 1.29 is 28.7 Å². The first-order chi connectivity index (χ1) is 19.9. The number of imidazole rings is 1. The second-order valence-electron chi connectivity index (χ2n) is 10.5. The van der Waals surface area contributed by atoms with E-state index in [2.05, 4.69) is 14.5 Å². The van der Waals surface area contributed by atoms with E-state index in [-0.39, 0.29) is 11.7 Å². The number of allylic oxidation sites excluding steroid dienone is 2. The van der Waals surface area contributed by atoms with Gasteiger partial charge >= 0.3 is 5.97 Å². The van der Waals surface area contributed by atoms with E-state index in [0.29, 0.717) is 31.1 Å². The Balaban J connectivity index is 1.16. The zero-order valence-corrected chi connectivity index (χ0v) is 23.1. The summed E-state index contributed by atoms with van der Waals surface area (Å²) < 4.78 is 22.5. The standard InChI is InChI=1S/C31H27ClN4O5/c1-31(27-8-6-21(32)16-33-27)40-26-4-2-3-23(29(26)41-31)19-9-12-35(13-10-19)18-28-34-24-7-5-20(30(37)38)15-25(24)36(28)17-22-11-14-39-22/h2-10,12-13,15,22,33H,11,14,16-18H2,1H3/p+1/t22-,31-/m0/s1. The molecule has 3 aliphatic heterocycles. The third-order valence-electron chi connectivity index (χ3n) is 7.73. The monoisotopic (exact) mass is 571 g/mol. The number of rotatable bonds is 7. The molecule has 2 atom stereocenters. The number of dihydropyridines is 1. The van der Waals surface area contributed by atoms with Gasteiger partial charge in [0.25, 0.3) is 5.79 Å². The van der Waals surface area contributed by atoms with Crippen LogP contribution < -0.4 is 19.4 Å². The van der Waals surface area contributed by atoms with Crippen molar-refractivity contribution >= 4 is 28.6 Å². The fourth-order valence-corrected chi connectivity index (χ4v) is 5.54. The number of aromatic nitrogens is 3. The van der Waals surface area contributed by atoms with Crippen molar-refractivity contribution in [2.24, 2.45) is 0 Å². The van der Waals surface area contributed by atoms with Crippen molar-refractivity contribution in [3.8, 4) is 22.6 Å². The zero-order valence-electron chi connectivity index (χ0n) is 22.3. The number of halogens is 1. The minimum absolute atomic E-state index is 0.104. The van der Waals surface area contributed by atoms with E-state index in [9.17, 15) is 9.90 Å². The summed E-state index contributed by atoms with van der Waals surface area (Å²) in [5, 5.41) is 13.5. The first-order valence-electron chi connectivity index (χ1n) is 13.5. The van der Waals surface area contributed by atoms with Crippen molar-refractivity contribution in [3.63, 3.8) is 0 Å². The average Bonchev–Trinajstić information content (AvgIpc) is 3.47. The molecule has 2 aromatic carbocycles. The second-order valence-corrected chi connectivity index (χ2v) is 11.0. The van der Waals surface area contributed by atoms with Crippen LogP contribution in [0.25, 0.3) is 22.2 Å². The maximum Gasteiger partial charge on any atom is 0.335 e. The van der Waals surface area contributed by atoms with Crippen LogP contribution in [0.1, 0.15) is 29.5 Å². The van der Waals surface area contributed by atoms with E-state index in [1.54, 1.807) is 18.2 Å². The Labute approximate surface area is 241 Å². The normalized spacial score (nSPS) is 21.2. The number of ether oxygens (including phenoxy) is 3. The largest absolute Gasteiger partial charge is 0.478 e. The van der Waals surface area contributed by atoms with Crippen LogP contribution in [0.4, 0.5) is 0 Å². The van der Waals surface area contributed by atoms with Crippen LogP contribution in [0.15, 0.2) is 83.8 Å². The molecule has 7 rings (SSSR count). The zero-order chi connectivity index (χ0) is 28.1.